The van der Waals surface area contributed by atoms with Gasteiger partial charge >= 0.3 is 0 Å². The standard InChI is InChI=1S/C15H16N4O2/c1-9-12(8-19(2)17-9)14-13(15(16)21-18-14)10-4-6-11(20-3)7-5-10/h4-8H,16H2,1-3H3. The summed E-state index contributed by atoms with van der Waals surface area (Å²) in [6, 6.07) is 7.61. The van der Waals surface area contributed by atoms with Crippen LogP contribution in [-0.4, -0.2) is 22.0 Å². The van der Waals surface area contributed by atoms with Crippen molar-refractivity contribution in [3.05, 3.63) is 36.2 Å². The molecule has 0 aliphatic rings. The highest BCUT2D eigenvalue weighted by Gasteiger charge is 2.20. The second-order valence-corrected chi connectivity index (χ2v) is 4.80. The van der Waals surface area contributed by atoms with Gasteiger partial charge in [-0.15, -0.1) is 0 Å². The highest BCUT2D eigenvalue weighted by Crippen LogP contribution is 2.37. The number of anilines is 1. The molecule has 0 fully saturated rings. The molecule has 0 bridgehead atoms. The lowest BCUT2D eigenvalue weighted by molar-refractivity contribution is 0.415. The number of hydrogen-bond acceptors (Lipinski definition) is 5. The normalized spacial score (nSPS) is 10.8. The molecule has 2 aromatic heterocycles. The van der Waals surface area contributed by atoms with Gasteiger partial charge in [-0.05, 0) is 24.6 Å². The van der Waals surface area contributed by atoms with Gasteiger partial charge < -0.3 is 15.0 Å². The summed E-state index contributed by atoms with van der Waals surface area (Å²) in [7, 11) is 3.50. The van der Waals surface area contributed by atoms with Crippen molar-refractivity contribution in [2.45, 2.75) is 6.92 Å². The third kappa shape index (κ3) is 2.24. The summed E-state index contributed by atoms with van der Waals surface area (Å²) in [6.45, 7) is 1.93. The van der Waals surface area contributed by atoms with Crippen LogP contribution in [0.25, 0.3) is 22.4 Å². The minimum absolute atomic E-state index is 0.290. The van der Waals surface area contributed by atoms with Gasteiger partial charge in [0.2, 0.25) is 5.88 Å². The monoisotopic (exact) mass is 284 g/mol. The van der Waals surface area contributed by atoms with E-state index in [2.05, 4.69) is 10.3 Å². The summed E-state index contributed by atoms with van der Waals surface area (Å²) in [5.74, 6) is 1.08. The molecular formula is C15H16N4O2. The SMILES string of the molecule is COc1ccc(-c2c(-c3cn(C)nc3C)noc2N)cc1. The molecule has 21 heavy (non-hydrogen) atoms. The molecule has 3 rings (SSSR count). The Balaban J connectivity index is 2.14. The molecule has 0 spiro atoms. The number of hydrogen-bond donors (Lipinski definition) is 1. The maximum atomic E-state index is 5.95. The first-order chi connectivity index (χ1) is 10.1. The lowest BCUT2D eigenvalue weighted by Gasteiger charge is -2.04. The van der Waals surface area contributed by atoms with E-state index in [0.29, 0.717) is 11.6 Å². The predicted molar refractivity (Wildman–Crippen MR) is 79.8 cm³/mol. The molecule has 0 aliphatic heterocycles. The largest absolute Gasteiger partial charge is 0.497 e. The molecule has 6 heteroatoms. The zero-order valence-electron chi connectivity index (χ0n) is 12.1. The Hall–Kier alpha value is -2.76. The van der Waals surface area contributed by atoms with Crippen LogP contribution in [0.5, 0.6) is 5.75 Å². The van der Waals surface area contributed by atoms with E-state index in [0.717, 1.165) is 28.1 Å². The molecule has 0 aliphatic carbocycles. The summed E-state index contributed by atoms with van der Waals surface area (Å²) < 4.78 is 12.1. The van der Waals surface area contributed by atoms with E-state index in [9.17, 15) is 0 Å². The maximum absolute atomic E-state index is 5.95. The van der Waals surface area contributed by atoms with Crippen molar-refractivity contribution < 1.29 is 9.26 Å². The number of aryl methyl sites for hydroxylation is 2. The van der Waals surface area contributed by atoms with E-state index in [1.54, 1.807) is 11.8 Å². The highest BCUT2D eigenvalue weighted by atomic mass is 16.5. The van der Waals surface area contributed by atoms with Gasteiger partial charge in [0.25, 0.3) is 0 Å². The van der Waals surface area contributed by atoms with Crippen LogP contribution in [0.1, 0.15) is 5.69 Å². The lowest BCUT2D eigenvalue weighted by atomic mass is 10.0. The number of methoxy groups -OCH3 is 1. The van der Waals surface area contributed by atoms with E-state index in [1.165, 1.54) is 0 Å². The van der Waals surface area contributed by atoms with Crippen LogP contribution < -0.4 is 10.5 Å². The molecule has 6 nitrogen and oxygen atoms in total. The van der Waals surface area contributed by atoms with Crippen LogP contribution in [0.3, 0.4) is 0 Å². The maximum Gasteiger partial charge on any atom is 0.230 e. The van der Waals surface area contributed by atoms with Gasteiger partial charge in [0.1, 0.15) is 11.4 Å². The van der Waals surface area contributed by atoms with E-state index in [-0.39, 0.29) is 0 Å². The molecule has 0 amide bonds. The van der Waals surface area contributed by atoms with Gasteiger partial charge in [0.15, 0.2) is 0 Å². The Bertz CT molecular complexity index is 772. The summed E-state index contributed by atoms with van der Waals surface area (Å²) in [4.78, 5) is 0. The number of rotatable bonds is 3. The molecule has 2 heterocycles. The molecule has 0 unspecified atom stereocenters. The van der Waals surface area contributed by atoms with Crippen molar-refractivity contribution in [2.75, 3.05) is 12.8 Å². The molecular weight excluding hydrogens is 268 g/mol. The number of nitrogen functional groups attached to an aromatic ring is 1. The molecule has 1 aromatic carbocycles. The van der Waals surface area contributed by atoms with Crippen LogP contribution in [0.4, 0.5) is 5.88 Å². The first-order valence-electron chi connectivity index (χ1n) is 6.50. The van der Waals surface area contributed by atoms with Crippen LogP contribution >= 0.6 is 0 Å². The summed E-state index contributed by atoms with van der Waals surface area (Å²) in [5.41, 5.74) is 10.1. The van der Waals surface area contributed by atoms with E-state index in [1.807, 2.05) is 44.4 Å². The second-order valence-electron chi connectivity index (χ2n) is 4.80. The quantitative estimate of drug-likeness (QED) is 0.799. The van der Waals surface area contributed by atoms with Crippen molar-refractivity contribution in [3.63, 3.8) is 0 Å². The minimum atomic E-state index is 0.290. The van der Waals surface area contributed by atoms with Gasteiger partial charge in [-0.2, -0.15) is 5.10 Å². The average Bonchev–Trinajstić information content (AvgIpc) is 3.01. The van der Waals surface area contributed by atoms with Crippen molar-refractivity contribution >= 4 is 5.88 Å². The van der Waals surface area contributed by atoms with Crippen molar-refractivity contribution in [1.29, 1.82) is 0 Å². The van der Waals surface area contributed by atoms with Crippen molar-refractivity contribution in [3.8, 4) is 28.1 Å². The van der Waals surface area contributed by atoms with Crippen molar-refractivity contribution in [2.24, 2.45) is 7.05 Å². The number of ether oxygens (including phenoxy) is 1. The molecule has 0 saturated carbocycles. The molecule has 108 valence electrons. The van der Waals surface area contributed by atoms with Gasteiger partial charge in [-0.1, -0.05) is 17.3 Å². The van der Waals surface area contributed by atoms with Crippen LogP contribution in [0.15, 0.2) is 35.0 Å². The fraction of sp³-hybridized carbons (Fsp3) is 0.200. The smallest absolute Gasteiger partial charge is 0.230 e. The Labute approximate surface area is 122 Å². The van der Waals surface area contributed by atoms with E-state index in [4.69, 9.17) is 15.0 Å². The molecule has 2 N–H and O–H groups in total. The molecule has 0 radical (unpaired) electrons. The third-order valence-electron chi connectivity index (χ3n) is 3.37. The van der Waals surface area contributed by atoms with Gasteiger partial charge in [-0.25, -0.2) is 0 Å². The summed E-state index contributed by atoms with van der Waals surface area (Å²) in [6.07, 6.45) is 1.90. The first kappa shape index (κ1) is 13.2. The Morgan fingerprint density at radius 3 is 2.52 bits per heavy atom. The molecule has 0 atom stereocenters. The fourth-order valence-corrected chi connectivity index (χ4v) is 2.36. The number of nitrogens with two attached hydrogens (primary N) is 1. The minimum Gasteiger partial charge on any atom is -0.497 e. The van der Waals surface area contributed by atoms with Crippen LogP contribution in [-0.2, 0) is 7.05 Å². The zero-order valence-corrected chi connectivity index (χ0v) is 12.1. The lowest BCUT2D eigenvalue weighted by Crippen LogP contribution is -1.89. The van der Waals surface area contributed by atoms with Crippen molar-refractivity contribution in [1.82, 2.24) is 14.9 Å². The summed E-state index contributed by atoms with van der Waals surface area (Å²) >= 11 is 0. The fourth-order valence-electron chi connectivity index (χ4n) is 2.36. The topological polar surface area (TPSA) is 79.1 Å². The molecule has 0 saturated heterocycles. The average molecular weight is 284 g/mol. The Morgan fingerprint density at radius 2 is 1.95 bits per heavy atom. The van der Waals surface area contributed by atoms with Gasteiger partial charge in [0.05, 0.1) is 18.4 Å². The van der Waals surface area contributed by atoms with Gasteiger partial charge in [-0.3, -0.25) is 4.68 Å². The third-order valence-corrected chi connectivity index (χ3v) is 3.37. The summed E-state index contributed by atoms with van der Waals surface area (Å²) in [5, 5.41) is 8.43. The second kappa shape index (κ2) is 4.97. The number of benzene rings is 1. The Morgan fingerprint density at radius 1 is 1.24 bits per heavy atom. The number of aromatic nitrogens is 3. The van der Waals surface area contributed by atoms with Crippen LogP contribution in [0, 0.1) is 6.92 Å². The highest BCUT2D eigenvalue weighted by molar-refractivity contribution is 5.87. The zero-order chi connectivity index (χ0) is 15.0. The first-order valence-corrected chi connectivity index (χ1v) is 6.50. The van der Waals surface area contributed by atoms with E-state index < -0.39 is 0 Å². The molecule has 3 aromatic rings. The predicted octanol–water partition coefficient (Wildman–Crippen LogP) is 2.64. The Kier molecular flexibility index (Phi) is 3.13. The van der Waals surface area contributed by atoms with E-state index >= 15 is 0 Å². The van der Waals surface area contributed by atoms with Gasteiger partial charge in [0, 0.05) is 18.8 Å². The van der Waals surface area contributed by atoms with Crippen LogP contribution in [0.2, 0.25) is 0 Å². The number of nitrogens with zero attached hydrogens (tertiary/aromatic N) is 3.